The highest BCUT2D eigenvalue weighted by Gasteiger charge is 2.08. The smallest absolute Gasteiger partial charge is 0.257 e. The Morgan fingerprint density at radius 3 is 2.70 bits per heavy atom. The zero-order chi connectivity index (χ0) is 19.2. The molecular weight excluding hydrogens is 369 g/mol. The summed E-state index contributed by atoms with van der Waals surface area (Å²) >= 11 is 5.90. The van der Waals surface area contributed by atoms with Crippen LogP contribution in [0.4, 0.5) is 15.9 Å². The fourth-order valence-corrected chi connectivity index (χ4v) is 2.61. The van der Waals surface area contributed by atoms with E-state index in [-0.39, 0.29) is 11.7 Å². The first kappa shape index (κ1) is 18.7. The van der Waals surface area contributed by atoms with Gasteiger partial charge in [-0.3, -0.25) is 4.79 Å². The van der Waals surface area contributed by atoms with Crippen LogP contribution in [0, 0.1) is 5.82 Å². The van der Waals surface area contributed by atoms with Crippen LogP contribution >= 0.6 is 11.6 Å². The van der Waals surface area contributed by atoms with Gasteiger partial charge in [-0.25, -0.2) is 9.37 Å². The second kappa shape index (κ2) is 8.51. The molecule has 0 atom stereocenters. The van der Waals surface area contributed by atoms with E-state index in [2.05, 4.69) is 15.6 Å². The van der Waals surface area contributed by atoms with Crippen LogP contribution in [0.15, 0.2) is 60.8 Å². The average Bonchev–Trinajstić information content (AvgIpc) is 2.67. The van der Waals surface area contributed by atoms with E-state index in [0.29, 0.717) is 28.6 Å². The fourth-order valence-electron chi connectivity index (χ4n) is 2.41. The molecule has 1 aromatic heterocycles. The van der Waals surface area contributed by atoms with Gasteiger partial charge in [-0.15, -0.1) is 0 Å². The number of nitrogens with zero attached hydrogens (tertiary/aromatic N) is 1. The number of carbonyl (C=O) groups is 1. The molecule has 0 aliphatic heterocycles. The molecule has 0 aliphatic carbocycles. The van der Waals surface area contributed by atoms with Gasteiger partial charge >= 0.3 is 0 Å². The van der Waals surface area contributed by atoms with Gasteiger partial charge in [0.05, 0.1) is 12.7 Å². The topological polar surface area (TPSA) is 63.2 Å². The molecule has 0 saturated heterocycles. The van der Waals surface area contributed by atoms with E-state index in [9.17, 15) is 9.18 Å². The van der Waals surface area contributed by atoms with E-state index >= 15 is 0 Å². The van der Waals surface area contributed by atoms with Crippen molar-refractivity contribution in [3.63, 3.8) is 0 Å². The number of ether oxygens (including phenoxy) is 1. The number of pyridine rings is 1. The lowest BCUT2D eigenvalue weighted by Crippen LogP contribution is -2.12. The summed E-state index contributed by atoms with van der Waals surface area (Å²) in [5, 5.41) is 6.38. The molecule has 3 rings (SSSR count). The maximum absolute atomic E-state index is 13.7. The molecule has 27 heavy (non-hydrogen) atoms. The molecule has 2 aromatic carbocycles. The summed E-state index contributed by atoms with van der Waals surface area (Å²) in [6, 6.07) is 15.0. The summed E-state index contributed by atoms with van der Waals surface area (Å²) in [6.45, 7) is 0.391. The number of hydrogen-bond donors (Lipinski definition) is 2. The van der Waals surface area contributed by atoms with E-state index in [1.807, 2.05) is 0 Å². The highest BCUT2D eigenvalue weighted by atomic mass is 35.5. The van der Waals surface area contributed by atoms with E-state index in [1.165, 1.54) is 19.4 Å². The molecule has 138 valence electrons. The van der Waals surface area contributed by atoms with Gasteiger partial charge in [-0.1, -0.05) is 23.7 Å². The molecule has 0 radical (unpaired) electrons. The van der Waals surface area contributed by atoms with Crippen LogP contribution < -0.4 is 15.4 Å². The lowest BCUT2D eigenvalue weighted by Gasteiger charge is -2.09. The summed E-state index contributed by atoms with van der Waals surface area (Å²) in [7, 11) is 1.42. The standard InChI is InChI=1S/C20H17ClFN3O2/c1-27-18-7-5-13(9-17(18)22)11-23-19-8-6-14(12-24-19)20(26)25-16-4-2-3-15(21)10-16/h2-10,12H,11H2,1H3,(H,23,24)(H,25,26). The first-order chi connectivity index (χ1) is 13.0. The second-order valence-electron chi connectivity index (χ2n) is 5.72. The van der Waals surface area contributed by atoms with Gasteiger partial charge in [0.15, 0.2) is 11.6 Å². The number of methoxy groups -OCH3 is 1. The molecule has 0 spiro atoms. The Morgan fingerprint density at radius 2 is 2.04 bits per heavy atom. The molecule has 0 unspecified atom stereocenters. The number of aromatic nitrogens is 1. The molecule has 7 heteroatoms. The summed E-state index contributed by atoms with van der Waals surface area (Å²) in [5.74, 6) is 0.0730. The molecule has 0 fully saturated rings. The van der Waals surface area contributed by atoms with E-state index in [1.54, 1.807) is 48.5 Å². The van der Waals surface area contributed by atoms with Crippen molar-refractivity contribution in [3.05, 3.63) is 82.8 Å². The van der Waals surface area contributed by atoms with Crippen molar-refractivity contribution in [2.75, 3.05) is 17.7 Å². The molecule has 1 heterocycles. The number of anilines is 2. The molecule has 0 saturated carbocycles. The van der Waals surface area contributed by atoms with Gasteiger partial charge in [-0.2, -0.15) is 0 Å². The SMILES string of the molecule is COc1ccc(CNc2ccc(C(=O)Nc3cccc(Cl)c3)cn2)cc1F. The maximum Gasteiger partial charge on any atom is 0.257 e. The summed E-state index contributed by atoms with van der Waals surface area (Å²) < 4.78 is 18.6. The normalized spacial score (nSPS) is 10.3. The Balaban J connectivity index is 1.60. The molecule has 1 amide bonds. The van der Waals surface area contributed by atoms with E-state index < -0.39 is 5.82 Å². The molecule has 0 aliphatic rings. The van der Waals surface area contributed by atoms with Crippen LogP contribution in [0.2, 0.25) is 5.02 Å². The predicted octanol–water partition coefficient (Wildman–Crippen LogP) is 4.75. The van der Waals surface area contributed by atoms with Crippen LogP contribution in [0.25, 0.3) is 0 Å². The third kappa shape index (κ3) is 4.95. The third-order valence-electron chi connectivity index (χ3n) is 3.80. The molecule has 2 N–H and O–H groups in total. The predicted molar refractivity (Wildman–Crippen MR) is 104 cm³/mol. The second-order valence-corrected chi connectivity index (χ2v) is 6.16. The zero-order valence-electron chi connectivity index (χ0n) is 14.5. The van der Waals surface area contributed by atoms with Crippen LogP contribution in [-0.4, -0.2) is 18.0 Å². The quantitative estimate of drug-likeness (QED) is 0.643. The lowest BCUT2D eigenvalue weighted by molar-refractivity contribution is 0.102. The minimum atomic E-state index is -0.419. The first-order valence-corrected chi connectivity index (χ1v) is 8.52. The lowest BCUT2D eigenvalue weighted by atomic mass is 10.2. The highest BCUT2D eigenvalue weighted by Crippen LogP contribution is 2.19. The van der Waals surface area contributed by atoms with Crippen LogP contribution in [0.3, 0.4) is 0 Å². The molecule has 3 aromatic rings. The molecule has 0 bridgehead atoms. The van der Waals surface area contributed by atoms with Crippen molar-refractivity contribution >= 4 is 29.0 Å². The van der Waals surface area contributed by atoms with Crippen molar-refractivity contribution in [2.24, 2.45) is 0 Å². The van der Waals surface area contributed by atoms with Crippen molar-refractivity contribution in [3.8, 4) is 5.75 Å². The minimum Gasteiger partial charge on any atom is -0.494 e. The Hall–Kier alpha value is -3.12. The highest BCUT2D eigenvalue weighted by molar-refractivity contribution is 6.30. The average molecular weight is 386 g/mol. The summed E-state index contributed by atoms with van der Waals surface area (Å²) in [5.41, 5.74) is 1.77. The fraction of sp³-hybridized carbons (Fsp3) is 0.100. The Bertz CT molecular complexity index is 948. The number of benzene rings is 2. The Morgan fingerprint density at radius 1 is 1.19 bits per heavy atom. The van der Waals surface area contributed by atoms with Crippen LogP contribution in [0.5, 0.6) is 5.75 Å². The number of halogens is 2. The van der Waals surface area contributed by atoms with Gasteiger partial charge in [0.1, 0.15) is 5.82 Å². The summed E-state index contributed by atoms with van der Waals surface area (Å²) in [6.07, 6.45) is 1.47. The Labute approximate surface area is 161 Å². The van der Waals surface area contributed by atoms with Crippen LogP contribution in [0.1, 0.15) is 15.9 Å². The van der Waals surface area contributed by atoms with Gasteiger partial charge in [0.2, 0.25) is 0 Å². The Kier molecular flexibility index (Phi) is 5.88. The third-order valence-corrected chi connectivity index (χ3v) is 4.03. The number of carbonyl (C=O) groups excluding carboxylic acids is 1. The zero-order valence-corrected chi connectivity index (χ0v) is 15.3. The number of rotatable bonds is 6. The van der Waals surface area contributed by atoms with Gasteiger partial charge in [0, 0.05) is 23.5 Å². The maximum atomic E-state index is 13.7. The van der Waals surface area contributed by atoms with Gasteiger partial charge < -0.3 is 15.4 Å². The van der Waals surface area contributed by atoms with Crippen molar-refractivity contribution in [1.29, 1.82) is 0 Å². The van der Waals surface area contributed by atoms with Crippen LogP contribution in [-0.2, 0) is 6.54 Å². The molecule has 5 nitrogen and oxygen atoms in total. The van der Waals surface area contributed by atoms with Crippen molar-refractivity contribution < 1.29 is 13.9 Å². The van der Waals surface area contributed by atoms with E-state index in [4.69, 9.17) is 16.3 Å². The number of nitrogens with one attached hydrogen (secondary N) is 2. The molecular formula is C20H17ClFN3O2. The van der Waals surface area contributed by atoms with E-state index in [0.717, 1.165) is 5.56 Å². The minimum absolute atomic E-state index is 0.201. The first-order valence-electron chi connectivity index (χ1n) is 8.14. The number of hydrogen-bond acceptors (Lipinski definition) is 4. The van der Waals surface area contributed by atoms with Crippen molar-refractivity contribution in [1.82, 2.24) is 4.98 Å². The largest absolute Gasteiger partial charge is 0.494 e. The van der Waals surface area contributed by atoms with Crippen molar-refractivity contribution in [2.45, 2.75) is 6.54 Å². The van der Waals surface area contributed by atoms with Gasteiger partial charge in [-0.05, 0) is 48.0 Å². The monoisotopic (exact) mass is 385 g/mol. The van der Waals surface area contributed by atoms with Gasteiger partial charge in [0.25, 0.3) is 5.91 Å². The number of amides is 1. The summed E-state index contributed by atoms with van der Waals surface area (Å²) in [4.78, 5) is 16.5.